The molecule has 0 saturated carbocycles. The third kappa shape index (κ3) is 6.57. The lowest BCUT2D eigenvalue weighted by molar-refractivity contribution is -0.138. The molecular weight excluding hydrogens is 580 g/mol. The summed E-state index contributed by atoms with van der Waals surface area (Å²) in [6.07, 6.45) is 6.27. The first-order valence-corrected chi connectivity index (χ1v) is 15.0. The number of hydrogen-bond acceptors (Lipinski definition) is 5. The Balaban J connectivity index is 1.89. The summed E-state index contributed by atoms with van der Waals surface area (Å²) in [5, 5.41) is 33.6. The third-order valence-corrected chi connectivity index (χ3v) is 8.81. The average molecular weight is 621 g/mol. The Labute approximate surface area is 261 Å². The fourth-order valence-electron chi connectivity index (χ4n) is 6.03. The number of hydrogen-bond donors (Lipinski definition) is 8. The van der Waals surface area contributed by atoms with E-state index < -0.39 is 11.9 Å². The molecule has 1 aliphatic rings. The normalized spacial score (nSPS) is 16.6. The smallest absolute Gasteiger partial charge is 0.303 e. The zero-order valence-corrected chi connectivity index (χ0v) is 26.5. The summed E-state index contributed by atoms with van der Waals surface area (Å²) in [5.74, 6) is -1.93. The van der Waals surface area contributed by atoms with E-state index in [1.54, 1.807) is 6.08 Å². The van der Waals surface area contributed by atoms with Crippen LogP contribution < -0.4 is 16.0 Å². The van der Waals surface area contributed by atoms with Crippen molar-refractivity contribution in [3.63, 3.8) is 0 Å². The van der Waals surface area contributed by atoms with E-state index >= 15 is 0 Å². The van der Waals surface area contributed by atoms with Gasteiger partial charge in [-0.3, -0.25) is 14.4 Å². The minimum atomic E-state index is -0.917. The van der Waals surface area contributed by atoms with Gasteiger partial charge in [0.2, 0.25) is 0 Å². The molecule has 7 N–H and O–H groups in total. The van der Waals surface area contributed by atoms with Gasteiger partial charge in [-0.25, -0.2) is 0 Å². The highest BCUT2D eigenvalue weighted by Crippen LogP contribution is 2.32. The van der Waals surface area contributed by atoms with Crippen LogP contribution in [-0.4, -0.2) is 54.2 Å². The molecule has 3 aromatic heterocycles. The highest BCUT2D eigenvalue weighted by atomic mass is 32.1. The van der Waals surface area contributed by atoms with Crippen LogP contribution >= 0.6 is 12.6 Å². The van der Waals surface area contributed by atoms with E-state index in [9.17, 15) is 29.7 Å². The lowest BCUT2D eigenvalue weighted by Crippen LogP contribution is -2.30. The number of aliphatic carboxylic acids is 2. The number of carbonyl (C=O) groups excluding carboxylic acids is 1. The Morgan fingerprint density at radius 1 is 0.909 bits per heavy atom. The number of aromatic amines is 3. The van der Waals surface area contributed by atoms with Crippen molar-refractivity contribution in [1.29, 1.82) is 0 Å². The molecule has 1 aliphatic heterocycles. The van der Waals surface area contributed by atoms with Gasteiger partial charge in [-0.1, -0.05) is 12.7 Å². The van der Waals surface area contributed by atoms with Gasteiger partial charge in [-0.15, -0.1) is 0 Å². The molecule has 234 valence electrons. The molecule has 3 aromatic rings. The van der Waals surface area contributed by atoms with Crippen molar-refractivity contribution in [3.05, 3.63) is 85.0 Å². The molecule has 0 fully saturated rings. The summed E-state index contributed by atoms with van der Waals surface area (Å²) in [6.45, 7) is 13.2. The summed E-state index contributed by atoms with van der Waals surface area (Å²) in [4.78, 5) is 45.4. The molecule has 4 heterocycles. The predicted molar refractivity (Wildman–Crippen MR) is 172 cm³/mol. The van der Waals surface area contributed by atoms with Gasteiger partial charge in [-0.2, -0.15) is 12.6 Å². The number of carboxylic acid groups (broad SMARTS) is 2. The molecule has 0 spiro atoms. The van der Waals surface area contributed by atoms with Crippen LogP contribution in [-0.2, 0) is 33.6 Å². The molecule has 0 aliphatic carbocycles. The molecule has 10 nitrogen and oxygen atoms in total. The third-order valence-electron chi connectivity index (χ3n) is 8.55. The van der Waals surface area contributed by atoms with Gasteiger partial charge in [0.15, 0.2) is 5.88 Å². The fourth-order valence-corrected chi connectivity index (χ4v) is 6.36. The Morgan fingerprint density at radius 2 is 1.52 bits per heavy atom. The van der Waals surface area contributed by atoms with Crippen molar-refractivity contribution < 1.29 is 29.7 Å². The number of aromatic hydroxyl groups is 1. The number of aromatic nitrogens is 3. The number of carbonyl (C=O) groups is 3. The van der Waals surface area contributed by atoms with Crippen LogP contribution in [0.2, 0.25) is 0 Å². The standard InChI is InChI=1S/C33H40N4O6S/c1-7-20-15(2)25(36-33(20)43)12-23-16(3)21(8-10-29(38)39)26(34-23)14-27-22(9-11-30(40)41)17(4)24(35-27)13-28-31(19(6)44)18(5)32(42)37-28/h7,13-14,19,25,34-35,37,42,44H,1,8-12H2,2-6H3,(H,36,43)(H,38,39)(H,40,41)/b24-13+,27-14-/t19-,25+/m0/s1. The highest BCUT2D eigenvalue weighted by Gasteiger charge is 2.28. The first kappa shape index (κ1) is 32.5. The van der Waals surface area contributed by atoms with E-state index in [2.05, 4.69) is 39.5 Å². The van der Waals surface area contributed by atoms with Crippen LogP contribution in [0.25, 0.3) is 12.2 Å². The monoisotopic (exact) mass is 620 g/mol. The van der Waals surface area contributed by atoms with Crippen molar-refractivity contribution in [2.24, 2.45) is 0 Å². The second-order valence-corrected chi connectivity index (χ2v) is 12.2. The van der Waals surface area contributed by atoms with Gasteiger partial charge >= 0.3 is 11.9 Å². The molecule has 2 atom stereocenters. The Kier molecular flexibility index (Phi) is 9.68. The van der Waals surface area contributed by atoms with E-state index in [4.69, 9.17) is 0 Å². The van der Waals surface area contributed by atoms with Gasteiger partial charge in [0.05, 0.1) is 6.04 Å². The second kappa shape index (κ2) is 13.1. The zero-order chi connectivity index (χ0) is 32.5. The number of nitrogens with one attached hydrogen (secondary N) is 4. The van der Waals surface area contributed by atoms with Gasteiger partial charge < -0.3 is 35.6 Å². The first-order chi connectivity index (χ1) is 20.7. The van der Waals surface area contributed by atoms with Crippen LogP contribution in [0.1, 0.15) is 82.4 Å². The number of carboxylic acids is 2. The van der Waals surface area contributed by atoms with Gasteiger partial charge in [0.1, 0.15) is 0 Å². The van der Waals surface area contributed by atoms with E-state index in [0.717, 1.165) is 50.1 Å². The van der Waals surface area contributed by atoms with E-state index in [1.165, 1.54) is 0 Å². The van der Waals surface area contributed by atoms with Crippen molar-refractivity contribution in [1.82, 2.24) is 20.3 Å². The molecule has 0 unspecified atom stereocenters. The summed E-state index contributed by atoms with van der Waals surface area (Å²) >= 11 is 4.59. The van der Waals surface area contributed by atoms with Crippen molar-refractivity contribution in [2.75, 3.05) is 0 Å². The zero-order valence-electron chi connectivity index (χ0n) is 25.6. The molecular formula is C33H40N4O6S. The Hall–Kier alpha value is -4.38. The Morgan fingerprint density at radius 3 is 2.09 bits per heavy atom. The van der Waals surface area contributed by atoms with Gasteiger partial charge in [0.25, 0.3) is 5.91 Å². The average Bonchev–Trinajstić information content (AvgIpc) is 3.59. The summed E-state index contributed by atoms with van der Waals surface area (Å²) in [7, 11) is 0. The minimum Gasteiger partial charge on any atom is -0.494 e. The molecule has 11 heteroatoms. The molecule has 0 aromatic carbocycles. The lowest BCUT2D eigenvalue weighted by atomic mass is 9.98. The van der Waals surface area contributed by atoms with Crippen LogP contribution in [0.4, 0.5) is 0 Å². The second-order valence-electron chi connectivity index (χ2n) is 11.4. The molecule has 4 rings (SSSR count). The van der Waals surface area contributed by atoms with E-state index in [-0.39, 0.29) is 42.3 Å². The van der Waals surface area contributed by atoms with Crippen LogP contribution in [0.3, 0.4) is 0 Å². The Bertz CT molecular complexity index is 1800. The molecule has 0 radical (unpaired) electrons. The maximum absolute atomic E-state index is 12.4. The minimum absolute atomic E-state index is 0.0618. The van der Waals surface area contributed by atoms with E-state index in [0.29, 0.717) is 35.0 Å². The van der Waals surface area contributed by atoms with Crippen molar-refractivity contribution in [3.8, 4) is 5.88 Å². The van der Waals surface area contributed by atoms with E-state index in [1.807, 2.05) is 46.8 Å². The molecule has 0 saturated heterocycles. The van der Waals surface area contributed by atoms with Gasteiger partial charge in [0, 0.05) is 63.4 Å². The molecule has 1 amide bonds. The summed E-state index contributed by atoms with van der Waals surface area (Å²) in [6, 6.07) is -0.225. The first-order valence-electron chi connectivity index (χ1n) is 14.5. The lowest BCUT2D eigenvalue weighted by Gasteiger charge is -2.12. The summed E-state index contributed by atoms with van der Waals surface area (Å²) < 4.78 is 0. The van der Waals surface area contributed by atoms with Crippen LogP contribution in [0.5, 0.6) is 5.88 Å². The quantitative estimate of drug-likeness (QED) is 0.144. The SMILES string of the molecule is C=CC1=C(C)[C@@H](Cc2[nH]c(/C=c3\[nH]/c(=C/c4[nH]c(O)c(C)c4[C@H](C)S)c(C)c3CCC(=O)O)c(CCC(=O)O)c2C)NC1=O. The maximum atomic E-state index is 12.4. The predicted octanol–water partition coefficient (Wildman–Crippen LogP) is 3.53. The number of rotatable bonds is 12. The number of H-pyrrole nitrogens is 3. The van der Waals surface area contributed by atoms with Gasteiger partial charge in [-0.05, 0) is 93.0 Å². The summed E-state index contributed by atoms with van der Waals surface area (Å²) in [5.41, 5.74) is 8.77. The van der Waals surface area contributed by atoms with Crippen LogP contribution in [0, 0.1) is 20.8 Å². The largest absolute Gasteiger partial charge is 0.494 e. The van der Waals surface area contributed by atoms with Crippen molar-refractivity contribution in [2.45, 2.75) is 78.0 Å². The highest BCUT2D eigenvalue weighted by molar-refractivity contribution is 7.80. The number of thiol groups is 1. The van der Waals surface area contributed by atoms with Crippen LogP contribution in [0.15, 0.2) is 23.8 Å². The molecule has 0 bridgehead atoms. The maximum Gasteiger partial charge on any atom is 0.303 e. The fraction of sp³-hybridized carbons (Fsp3) is 0.364. The topological polar surface area (TPSA) is 171 Å². The number of amides is 1. The van der Waals surface area contributed by atoms with Crippen molar-refractivity contribution >= 4 is 42.6 Å². The molecule has 44 heavy (non-hydrogen) atoms.